The Kier molecular flexibility index (Phi) is 4.30. The molecule has 4 nitrogen and oxygen atoms in total. The quantitative estimate of drug-likeness (QED) is 0.216. The number of nitrogens with zero attached hydrogens (tertiary/aromatic N) is 2. The summed E-state index contributed by atoms with van der Waals surface area (Å²) in [5, 5.41) is 8.95. The zero-order valence-electron chi connectivity index (χ0n) is 21.3. The molecule has 5 aromatic carbocycles. The predicted molar refractivity (Wildman–Crippen MR) is 162 cm³/mol. The Morgan fingerprint density at radius 2 is 0.825 bits per heavy atom. The van der Waals surface area contributed by atoms with E-state index in [2.05, 4.69) is 84.9 Å². The molecule has 0 spiro atoms. The van der Waals surface area contributed by atoms with E-state index in [0.717, 1.165) is 54.9 Å². The lowest BCUT2D eigenvalue weighted by Crippen LogP contribution is -1.92. The van der Waals surface area contributed by atoms with Gasteiger partial charge in [0, 0.05) is 45.1 Å². The summed E-state index contributed by atoms with van der Waals surface area (Å²) in [6, 6.07) is 34.1. The molecule has 40 heavy (non-hydrogen) atoms. The maximum absolute atomic E-state index is 5.76. The molecule has 0 aliphatic heterocycles. The summed E-state index contributed by atoms with van der Waals surface area (Å²) in [6.07, 6.45) is 7.39. The summed E-state index contributed by atoms with van der Waals surface area (Å²) in [5.41, 5.74) is 7.91. The van der Waals surface area contributed by atoms with Gasteiger partial charge in [-0.25, -0.2) is 0 Å². The number of pyridine rings is 2. The molecule has 0 bridgehead atoms. The van der Waals surface area contributed by atoms with E-state index in [1.54, 1.807) is 12.5 Å². The molecular weight excluding hydrogens is 492 g/mol. The zero-order chi connectivity index (χ0) is 26.2. The van der Waals surface area contributed by atoms with Gasteiger partial charge in [0.2, 0.25) is 0 Å². The van der Waals surface area contributed by atoms with Crippen molar-refractivity contribution >= 4 is 65.3 Å². The van der Waals surface area contributed by atoms with Crippen LogP contribution in [0.2, 0.25) is 0 Å². The van der Waals surface area contributed by atoms with Crippen molar-refractivity contribution in [2.75, 3.05) is 0 Å². The van der Waals surface area contributed by atoms with E-state index in [-0.39, 0.29) is 0 Å². The molecule has 0 amide bonds. The van der Waals surface area contributed by atoms with Crippen LogP contribution in [0.4, 0.5) is 0 Å². The Morgan fingerprint density at radius 3 is 1.25 bits per heavy atom. The zero-order valence-corrected chi connectivity index (χ0v) is 21.3. The molecule has 186 valence electrons. The highest BCUT2D eigenvalue weighted by molar-refractivity contribution is 6.22. The highest BCUT2D eigenvalue weighted by Crippen LogP contribution is 2.44. The molecule has 0 unspecified atom stereocenters. The first-order valence-electron chi connectivity index (χ1n) is 13.3. The second-order valence-corrected chi connectivity index (χ2v) is 10.2. The van der Waals surface area contributed by atoms with Crippen LogP contribution < -0.4 is 0 Å². The number of hydrogen-bond acceptors (Lipinski definition) is 4. The van der Waals surface area contributed by atoms with Crippen molar-refractivity contribution < 1.29 is 8.83 Å². The fourth-order valence-electron chi connectivity index (χ4n) is 6.27. The van der Waals surface area contributed by atoms with Gasteiger partial charge in [-0.2, -0.15) is 0 Å². The number of furan rings is 2. The number of hydrogen-bond donors (Lipinski definition) is 0. The molecule has 0 N–H and O–H groups in total. The van der Waals surface area contributed by atoms with Crippen molar-refractivity contribution in [3.63, 3.8) is 0 Å². The lowest BCUT2D eigenvalue weighted by atomic mass is 9.86. The summed E-state index contributed by atoms with van der Waals surface area (Å²) < 4.78 is 11.5. The second-order valence-electron chi connectivity index (χ2n) is 10.2. The van der Waals surface area contributed by atoms with Crippen LogP contribution in [0.3, 0.4) is 0 Å². The van der Waals surface area contributed by atoms with E-state index in [0.29, 0.717) is 0 Å². The minimum atomic E-state index is 0.824. The standard InChI is InChI=1S/C36H20N2O2/c1-2-6-28-27(5-1)31(25-17-23-11-9-21-13-15-39-35(21)33(23)37-19-25)29-7-3-4-8-30(29)32(28)26-18-24-12-10-22-14-16-40-36(22)34(24)38-20-26/h1-20H. The van der Waals surface area contributed by atoms with E-state index < -0.39 is 0 Å². The van der Waals surface area contributed by atoms with Crippen molar-refractivity contribution in [2.24, 2.45) is 0 Å². The van der Waals surface area contributed by atoms with Gasteiger partial charge in [0.25, 0.3) is 0 Å². The molecule has 0 saturated heterocycles. The van der Waals surface area contributed by atoms with E-state index in [1.165, 1.54) is 32.7 Å². The molecule has 0 aliphatic rings. The third-order valence-corrected chi connectivity index (χ3v) is 8.05. The number of rotatable bonds is 2. The molecule has 0 atom stereocenters. The van der Waals surface area contributed by atoms with Crippen LogP contribution in [0.15, 0.2) is 131 Å². The van der Waals surface area contributed by atoms with E-state index in [9.17, 15) is 0 Å². The second kappa shape index (κ2) is 8.01. The monoisotopic (exact) mass is 512 g/mol. The van der Waals surface area contributed by atoms with Gasteiger partial charge < -0.3 is 8.83 Å². The third-order valence-electron chi connectivity index (χ3n) is 8.05. The Morgan fingerprint density at radius 1 is 0.425 bits per heavy atom. The SMILES string of the molecule is c1ccc2c(-c3cnc4c(ccc5ccoc54)c3)c3ccccc3c(-c3cnc4c(ccc5ccoc54)c3)c2c1. The molecule has 0 saturated carbocycles. The summed E-state index contributed by atoms with van der Waals surface area (Å²) in [7, 11) is 0. The van der Waals surface area contributed by atoms with Gasteiger partial charge in [0.05, 0.1) is 12.5 Å². The molecule has 4 heterocycles. The van der Waals surface area contributed by atoms with Crippen LogP contribution in [0, 0.1) is 0 Å². The molecule has 0 radical (unpaired) electrons. The van der Waals surface area contributed by atoms with Crippen LogP contribution in [0.5, 0.6) is 0 Å². The fourth-order valence-corrected chi connectivity index (χ4v) is 6.27. The van der Waals surface area contributed by atoms with Gasteiger partial charge in [-0.1, -0.05) is 72.8 Å². The van der Waals surface area contributed by atoms with Gasteiger partial charge in [0.1, 0.15) is 11.0 Å². The van der Waals surface area contributed by atoms with E-state index >= 15 is 0 Å². The third kappa shape index (κ3) is 2.96. The van der Waals surface area contributed by atoms with Gasteiger partial charge in [-0.05, 0) is 56.9 Å². The van der Waals surface area contributed by atoms with Crippen LogP contribution >= 0.6 is 0 Å². The highest BCUT2D eigenvalue weighted by Gasteiger charge is 2.18. The first-order valence-corrected chi connectivity index (χ1v) is 13.3. The van der Waals surface area contributed by atoms with Crippen molar-refractivity contribution in [2.45, 2.75) is 0 Å². The Hall–Kier alpha value is -5.48. The minimum absolute atomic E-state index is 0.824. The molecule has 9 rings (SSSR count). The van der Waals surface area contributed by atoms with Crippen molar-refractivity contribution in [1.29, 1.82) is 0 Å². The van der Waals surface area contributed by atoms with Crippen molar-refractivity contribution in [1.82, 2.24) is 9.97 Å². The van der Waals surface area contributed by atoms with Crippen LogP contribution in [0.25, 0.3) is 87.5 Å². The highest BCUT2D eigenvalue weighted by atomic mass is 16.3. The summed E-state index contributed by atoms with van der Waals surface area (Å²) >= 11 is 0. The Bertz CT molecular complexity index is 2220. The number of benzene rings is 5. The molecule has 4 heteroatoms. The number of aromatic nitrogens is 2. The Labute approximate surface area is 228 Å². The van der Waals surface area contributed by atoms with Crippen LogP contribution in [0.1, 0.15) is 0 Å². The van der Waals surface area contributed by atoms with Gasteiger partial charge in [-0.3, -0.25) is 9.97 Å². The minimum Gasteiger partial charge on any atom is -0.462 e. The smallest absolute Gasteiger partial charge is 0.160 e. The normalized spacial score (nSPS) is 12.0. The predicted octanol–water partition coefficient (Wildman–Crippen LogP) is 9.92. The lowest BCUT2D eigenvalue weighted by Gasteiger charge is -2.18. The van der Waals surface area contributed by atoms with Gasteiger partial charge >= 0.3 is 0 Å². The van der Waals surface area contributed by atoms with E-state index in [1.807, 2.05) is 24.5 Å². The maximum atomic E-state index is 5.76. The van der Waals surface area contributed by atoms with Crippen LogP contribution in [-0.2, 0) is 0 Å². The molecule has 0 fully saturated rings. The average molecular weight is 513 g/mol. The summed E-state index contributed by atoms with van der Waals surface area (Å²) in [4.78, 5) is 9.79. The topological polar surface area (TPSA) is 52.1 Å². The first-order chi connectivity index (χ1) is 19.8. The number of fused-ring (bicyclic) bond motifs is 8. The maximum Gasteiger partial charge on any atom is 0.160 e. The summed E-state index contributed by atoms with van der Waals surface area (Å²) in [6.45, 7) is 0. The molecule has 4 aromatic heterocycles. The Balaban J connectivity index is 1.35. The molecular formula is C36H20N2O2. The molecule has 9 aromatic rings. The van der Waals surface area contributed by atoms with E-state index in [4.69, 9.17) is 18.8 Å². The molecule has 0 aliphatic carbocycles. The largest absolute Gasteiger partial charge is 0.462 e. The van der Waals surface area contributed by atoms with Crippen molar-refractivity contribution in [3.05, 3.63) is 122 Å². The van der Waals surface area contributed by atoms with Gasteiger partial charge in [-0.15, -0.1) is 0 Å². The average Bonchev–Trinajstić information content (AvgIpc) is 3.69. The van der Waals surface area contributed by atoms with Crippen molar-refractivity contribution in [3.8, 4) is 22.3 Å². The summed E-state index contributed by atoms with van der Waals surface area (Å²) in [5.74, 6) is 0. The van der Waals surface area contributed by atoms with Crippen LogP contribution in [-0.4, -0.2) is 9.97 Å². The first kappa shape index (κ1) is 21.5. The fraction of sp³-hybridized carbons (Fsp3) is 0. The lowest BCUT2D eigenvalue weighted by molar-refractivity contribution is 0.618. The van der Waals surface area contributed by atoms with Gasteiger partial charge in [0.15, 0.2) is 11.2 Å².